The van der Waals surface area contributed by atoms with Gasteiger partial charge in [0, 0.05) is 19.3 Å². The minimum Gasteiger partial charge on any atom is -0.370 e. The average molecular weight is 325 g/mol. The molecule has 0 aliphatic heterocycles. The number of halogens is 3. The molecular formula is C12H18F3N3O2S. The zero-order chi connectivity index (χ0) is 16.1. The Morgan fingerprint density at radius 2 is 1.95 bits per heavy atom. The zero-order valence-electron chi connectivity index (χ0n) is 11.8. The Kier molecular flexibility index (Phi) is 5.97. The Balaban J connectivity index is 3.04. The fourth-order valence-electron chi connectivity index (χ4n) is 1.70. The number of hydrogen-bond donors (Lipinski definition) is 1. The van der Waals surface area contributed by atoms with E-state index in [1.807, 2.05) is 6.92 Å². The molecule has 0 spiro atoms. The maximum atomic E-state index is 12.5. The van der Waals surface area contributed by atoms with Gasteiger partial charge in [-0.3, -0.25) is 0 Å². The van der Waals surface area contributed by atoms with E-state index in [2.05, 4.69) is 10.3 Å². The highest BCUT2D eigenvalue weighted by molar-refractivity contribution is 7.89. The summed E-state index contributed by atoms with van der Waals surface area (Å²) >= 11 is 0. The molecule has 0 aliphatic rings. The molecule has 0 saturated heterocycles. The summed E-state index contributed by atoms with van der Waals surface area (Å²) in [6, 6.07) is 2.67. The third-order valence-corrected chi connectivity index (χ3v) is 4.39. The first-order valence-electron chi connectivity index (χ1n) is 6.47. The van der Waals surface area contributed by atoms with Crippen LogP contribution in [0.25, 0.3) is 0 Å². The normalized spacial score (nSPS) is 12.7. The topological polar surface area (TPSA) is 62.3 Å². The van der Waals surface area contributed by atoms with Crippen LogP contribution in [0.3, 0.4) is 0 Å². The van der Waals surface area contributed by atoms with Gasteiger partial charge in [-0.2, -0.15) is 17.5 Å². The highest BCUT2D eigenvalue weighted by Gasteiger charge is 2.36. The van der Waals surface area contributed by atoms with Crippen molar-refractivity contribution in [2.45, 2.75) is 31.3 Å². The van der Waals surface area contributed by atoms with Gasteiger partial charge in [-0.25, -0.2) is 13.4 Å². The number of pyridine rings is 1. The molecular weight excluding hydrogens is 307 g/mol. The van der Waals surface area contributed by atoms with Crippen LogP contribution in [0, 0.1) is 0 Å². The smallest absolute Gasteiger partial charge is 0.370 e. The number of nitrogens with one attached hydrogen (secondary N) is 1. The molecule has 0 atom stereocenters. The van der Waals surface area contributed by atoms with Gasteiger partial charge in [0.25, 0.3) is 0 Å². The molecule has 1 N–H and O–H groups in total. The lowest BCUT2D eigenvalue weighted by Crippen LogP contribution is -2.39. The molecule has 1 heterocycles. The fraction of sp³-hybridized carbons (Fsp3) is 0.583. The molecule has 0 saturated carbocycles. The van der Waals surface area contributed by atoms with Gasteiger partial charge < -0.3 is 5.32 Å². The van der Waals surface area contributed by atoms with Gasteiger partial charge in [0.15, 0.2) is 0 Å². The van der Waals surface area contributed by atoms with E-state index in [4.69, 9.17) is 0 Å². The number of nitrogens with zero attached hydrogens (tertiary/aromatic N) is 2. The summed E-state index contributed by atoms with van der Waals surface area (Å²) in [4.78, 5) is 3.63. The highest BCUT2D eigenvalue weighted by Crippen LogP contribution is 2.23. The van der Waals surface area contributed by atoms with Gasteiger partial charge >= 0.3 is 6.18 Å². The molecule has 0 radical (unpaired) electrons. The molecule has 0 aliphatic carbocycles. The molecule has 0 bridgehead atoms. The summed E-state index contributed by atoms with van der Waals surface area (Å²) < 4.78 is 62.4. The third kappa shape index (κ3) is 5.16. The molecule has 0 unspecified atom stereocenters. The lowest BCUT2D eigenvalue weighted by atomic mass is 10.4. The summed E-state index contributed by atoms with van der Waals surface area (Å²) in [6.07, 6.45) is -3.23. The number of hydrogen-bond acceptors (Lipinski definition) is 4. The SMILES string of the molecule is CCCN(CC(F)(F)F)S(=O)(=O)c1ccc(NCC)nc1. The molecule has 120 valence electrons. The van der Waals surface area contributed by atoms with Crippen LogP contribution in [-0.2, 0) is 10.0 Å². The molecule has 0 amide bonds. The second-order valence-electron chi connectivity index (χ2n) is 4.36. The third-order valence-electron chi connectivity index (χ3n) is 2.56. The van der Waals surface area contributed by atoms with Crippen molar-refractivity contribution in [3.8, 4) is 0 Å². The van der Waals surface area contributed by atoms with Crippen molar-refractivity contribution in [3.63, 3.8) is 0 Å². The van der Waals surface area contributed by atoms with Crippen molar-refractivity contribution < 1.29 is 21.6 Å². The molecule has 0 aromatic carbocycles. The Morgan fingerprint density at radius 1 is 1.29 bits per heavy atom. The van der Waals surface area contributed by atoms with E-state index >= 15 is 0 Å². The van der Waals surface area contributed by atoms with Gasteiger partial charge in [0.1, 0.15) is 17.3 Å². The summed E-state index contributed by atoms with van der Waals surface area (Å²) in [5, 5.41) is 2.88. The van der Waals surface area contributed by atoms with Crippen molar-refractivity contribution in [2.24, 2.45) is 0 Å². The van der Waals surface area contributed by atoms with E-state index in [1.165, 1.54) is 12.1 Å². The van der Waals surface area contributed by atoms with E-state index in [-0.39, 0.29) is 17.9 Å². The van der Waals surface area contributed by atoms with Crippen LogP contribution in [-0.4, -0.2) is 43.5 Å². The number of sulfonamides is 1. The fourth-order valence-corrected chi connectivity index (χ4v) is 3.16. The van der Waals surface area contributed by atoms with Crippen LogP contribution >= 0.6 is 0 Å². The quantitative estimate of drug-likeness (QED) is 0.836. The Bertz CT molecular complexity index is 544. The summed E-state index contributed by atoms with van der Waals surface area (Å²) in [5.41, 5.74) is 0. The summed E-state index contributed by atoms with van der Waals surface area (Å²) in [5.74, 6) is 0.467. The van der Waals surface area contributed by atoms with E-state index in [0.717, 1.165) is 6.20 Å². The highest BCUT2D eigenvalue weighted by atomic mass is 32.2. The van der Waals surface area contributed by atoms with E-state index < -0.39 is 22.7 Å². The van der Waals surface area contributed by atoms with Gasteiger partial charge in [-0.05, 0) is 25.5 Å². The lowest BCUT2D eigenvalue weighted by molar-refractivity contribution is -0.136. The van der Waals surface area contributed by atoms with Gasteiger partial charge in [-0.15, -0.1) is 0 Å². The second kappa shape index (κ2) is 7.08. The minimum atomic E-state index is -4.58. The lowest BCUT2D eigenvalue weighted by Gasteiger charge is -2.22. The maximum Gasteiger partial charge on any atom is 0.402 e. The largest absolute Gasteiger partial charge is 0.402 e. The predicted molar refractivity (Wildman–Crippen MR) is 73.5 cm³/mol. The number of aromatic nitrogens is 1. The molecule has 1 aromatic heterocycles. The van der Waals surface area contributed by atoms with Gasteiger partial charge in [-0.1, -0.05) is 6.92 Å². The van der Waals surface area contributed by atoms with Gasteiger partial charge in [0.2, 0.25) is 10.0 Å². The molecule has 9 heteroatoms. The molecule has 0 fully saturated rings. The minimum absolute atomic E-state index is 0.198. The second-order valence-corrected chi connectivity index (χ2v) is 6.30. The van der Waals surface area contributed by atoms with Crippen LogP contribution in [0.4, 0.5) is 19.0 Å². The molecule has 1 aromatic rings. The van der Waals surface area contributed by atoms with E-state index in [9.17, 15) is 21.6 Å². The Hall–Kier alpha value is -1.35. The number of rotatable bonds is 7. The van der Waals surface area contributed by atoms with Crippen molar-refractivity contribution in [3.05, 3.63) is 18.3 Å². The first-order chi connectivity index (χ1) is 9.70. The van der Waals surface area contributed by atoms with Crippen LogP contribution in [0.5, 0.6) is 0 Å². The number of anilines is 1. The summed E-state index contributed by atoms with van der Waals surface area (Å²) in [7, 11) is -4.21. The molecule has 1 rings (SSSR count). The van der Waals surface area contributed by atoms with Crippen LogP contribution in [0.1, 0.15) is 20.3 Å². The summed E-state index contributed by atoms with van der Waals surface area (Å²) in [6.45, 7) is 2.37. The first-order valence-corrected chi connectivity index (χ1v) is 7.91. The van der Waals surface area contributed by atoms with E-state index in [1.54, 1.807) is 6.92 Å². The van der Waals surface area contributed by atoms with E-state index in [0.29, 0.717) is 16.7 Å². The van der Waals surface area contributed by atoms with Crippen LogP contribution in [0.15, 0.2) is 23.2 Å². The van der Waals surface area contributed by atoms with Crippen molar-refractivity contribution in [1.29, 1.82) is 0 Å². The number of alkyl halides is 3. The average Bonchev–Trinajstić information content (AvgIpc) is 2.38. The van der Waals surface area contributed by atoms with Crippen LogP contribution < -0.4 is 5.32 Å². The Labute approximate surface area is 122 Å². The maximum absolute atomic E-state index is 12.5. The zero-order valence-corrected chi connectivity index (χ0v) is 12.6. The first kappa shape index (κ1) is 17.7. The standard InChI is InChI=1S/C12H18F3N3O2S/c1-3-7-18(9-12(13,14)15)21(19,20)10-5-6-11(16-4-2)17-8-10/h5-6,8H,3-4,7,9H2,1-2H3,(H,16,17). The molecule has 5 nitrogen and oxygen atoms in total. The molecule has 21 heavy (non-hydrogen) atoms. The van der Waals surface area contributed by atoms with Crippen molar-refractivity contribution >= 4 is 15.8 Å². The van der Waals surface area contributed by atoms with Crippen molar-refractivity contribution in [2.75, 3.05) is 25.0 Å². The monoisotopic (exact) mass is 325 g/mol. The Morgan fingerprint density at radius 3 is 2.38 bits per heavy atom. The predicted octanol–water partition coefficient (Wildman–Crippen LogP) is 2.48. The van der Waals surface area contributed by atoms with Crippen LogP contribution in [0.2, 0.25) is 0 Å². The van der Waals surface area contributed by atoms with Gasteiger partial charge in [0.05, 0.1) is 0 Å². The van der Waals surface area contributed by atoms with Crippen molar-refractivity contribution in [1.82, 2.24) is 9.29 Å².